The zero-order chi connectivity index (χ0) is 16.8. The van der Waals surface area contributed by atoms with Crippen LogP contribution < -0.4 is 0 Å². The number of Topliss-reactive ketones (excluding diaryl/α,β-unsaturated/α-hetero) is 1. The predicted molar refractivity (Wildman–Crippen MR) is 87.4 cm³/mol. The van der Waals surface area contributed by atoms with Gasteiger partial charge in [-0.2, -0.15) is 0 Å². The fourth-order valence-corrected chi connectivity index (χ4v) is 2.49. The van der Waals surface area contributed by atoms with Crippen molar-refractivity contribution in [2.45, 2.75) is 91.4 Å². The molecule has 0 aromatic carbocycles. The molecule has 0 saturated carbocycles. The van der Waals surface area contributed by atoms with Crippen LogP contribution in [0.5, 0.6) is 0 Å². The van der Waals surface area contributed by atoms with Crippen molar-refractivity contribution in [3.8, 4) is 0 Å². The summed E-state index contributed by atoms with van der Waals surface area (Å²) in [6.45, 7) is 5.60. The molecule has 0 amide bonds. The lowest BCUT2D eigenvalue weighted by Gasteiger charge is -2.19. The maximum absolute atomic E-state index is 11.9. The number of esters is 1. The van der Waals surface area contributed by atoms with Crippen molar-refractivity contribution in [3.05, 3.63) is 0 Å². The van der Waals surface area contributed by atoms with E-state index in [0.29, 0.717) is 6.42 Å². The Morgan fingerprint density at radius 2 is 1.41 bits per heavy atom. The van der Waals surface area contributed by atoms with Gasteiger partial charge in [0.05, 0.1) is 5.41 Å². The third-order valence-electron chi connectivity index (χ3n) is 3.91. The fourth-order valence-electron chi connectivity index (χ4n) is 2.49. The van der Waals surface area contributed by atoms with Gasteiger partial charge in [-0.1, -0.05) is 58.3 Å². The second-order valence-corrected chi connectivity index (χ2v) is 6.68. The third-order valence-corrected chi connectivity index (χ3v) is 3.91. The number of hydrogen-bond donors (Lipinski definition) is 0. The van der Waals surface area contributed by atoms with Gasteiger partial charge in [0.1, 0.15) is 5.78 Å². The highest BCUT2D eigenvalue weighted by molar-refractivity contribution is 5.88. The number of rotatable bonds is 14. The van der Waals surface area contributed by atoms with Crippen molar-refractivity contribution in [2.24, 2.45) is 5.41 Å². The van der Waals surface area contributed by atoms with Crippen LogP contribution >= 0.6 is 0 Å². The molecule has 0 spiro atoms. The van der Waals surface area contributed by atoms with Crippen LogP contribution in [0.1, 0.15) is 91.4 Å². The maximum atomic E-state index is 11.9. The van der Waals surface area contributed by atoms with Gasteiger partial charge in [-0.05, 0) is 20.3 Å². The first-order valence-corrected chi connectivity index (χ1v) is 8.60. The number of unbranched alkanes of at least 4 members (excludes halogenated alkanes) is 8. The van der Waals surface area contributed by atoms with E-state index in [1.165, 1.54) is 44.9 Å². The van der Waals surface area contributed by atoms with Crippen LogP contribution in [0.4, 0.5) is 0 Å². The molecule has 0 aromatic rings. The molecule has 128 valence electrons. The molecular weight excluding hydrogens is 280 g/mol. The maximum Gasteiger partial charge on any atom is 0.319 e. The minimum atomic E-state index is -0.919. The molecule has 4 nitrogen and oxygen atoms in total. The largest absolute Gasteiger partial charge is 0.395 e. The average Bonchev–Trinajstić information content (AvgIpc) is 2.45. The Morgan fingerprint density at radius 3 is 1.91 bits per heavy atom. The first kappa shape index (κ1) is 20.8. The van der Waals surface area contributed by atoms with Crippen LogP contribution in [0.25, 0.3) is 0 Å². The summed E-state index contributed by atoms with van der Waals surface area (Å²) in [5.41, 5.74) is -0.919. The Hall–Kier alpha value is -1.19. The molecular formula is C18H32O4. The van der Waals surface area contributed by atoms with Gasteiger partial charge < -0.3 is 4.74 Å². The van der Waals surface area contributed by atoms with Gasteiger partial charge in [0.2, 0.25) is 0 Å². The highest BCUT2D eigenvalue weighted by Gasteiger charge is 2.31. The van der Waals surface area contributed by atoms with Crippen LogP contribution in [0.2, 0.25) is 0 Å². The van der Waals surface area contributed by atoms with Crippen molar-refractivity contribution < 1.29 is 19.1 Å². The van der Waals surface area contributed by atoms with Gasteiger partial charge in [0.15, 0.2) is 0 Å². The second kappa shape index (κ2) is 12.4. The molecule has 0 N–H and O–H groups in total. The number of carbonyl (C=O) groups is 3. The molecule has 0 aliphatic carbocycles. The van der Waals surface area contributed by atoms with Gasteiger partial charge in [0.25, 0.3) is 0 Å². The molecule has 0 aliphatic rings. The van der Waals surface area contributed by atoms with Gasteiger partial charge in [-0.15, -0.1) is 0 Å². The van der Waals surface area contributed by atoms with Gasteiger partial charge in [-0.3, -0.25) is 14.4 Å². The van der Waals surface area contributed by atoms with Crippen molar-refractivity contribution in [1.29, 1.82) is 0 Å². The molecule has 0 heterocycles. The topological polar surface area (TPSA) is 60.4 Å². The van der Waals surface area contributed by atoms with E-state index in [-0.39, 0.29) is 18.7 Å². The van der Waals surface area contributed by atoms with E-state index < -0.39 is 11.4 Å². The summed E-state index contributed by atoms with van der Waals surface area (Å²) >= 11 is 0. The molecule has 0 bridgehead atoms. The van der Waals surface area contributed by atoms with Crippen molar-refractivity contribution in [3.63, 3.8) is 0 Å². The van der Waals surface area contributed by atoms with E-state index in [1.807, 2.05) is 0 Å². The summed E-state index contributed by atoms with van der Waals surface area (Å²) in [6, 6.07) is 0. The van der Waals surface area contributed by atoms with Crippen molar-refractivity contribution in [1.82, 2.24) is 0 Å². The quantitative estimate of drug-likeness (QED) is 0.204. The number of ketones is 1. The Balaban J connectivity index is 3.65. The van der Waals surface area contributed by atoms with Crippen molar-refractivity contribution >= 4 is 18.2 Å². The minimum Gasteiger partial charge on any atom is -0.395 e. The monoisotopic (exact) mass is 312 g/mol. The van der Waals surface area contributed by atoms with Crippen LogP contribution in [0, 0.1) is 5.41 Å². The summed E-state index contributed by atoms with van der Waals surface area (Å²) in [7, 11) is 0. The number of ether oxygens (including phenoxy) is 1. The Kier molecular flexibility index (Phi) is 11.7. The summed E-state index contributed by atoms with van der Waals surface area (Å²) in [5.74, 6) is -0.571. The van der Waals surface area contributed by atoms with Gasteiger partial charge in [-0.25, -0.2) is 0 Å². The molecule has 4 heteroatoms. The summed E-state index contributed by atoms with van der Waals surface area (Å²) < 4.78 is 4.33. The highest BCUT2D eigenvalue weighted by Crippen LogP contribution is 2.24. The zero-order valence-electron chi connectivity index (χ0n) is 14.5. The molecule has 0 radical (unpaired) electrons. The Bertz CT molecular complexity index is 334. The Labute approximate surface area is 135 Å². The predicted octanol–water partition coefficient (Wildman–Crippen LogP) is 4.59. The normalized spacial score (nSPS) is 11.2. The minimum absolute atomic E-state index is 0.0656. The first-order chi connectivity index (χ1) is 10.4. The highest BCUT2D eigenvalue weighted by atomic mass is 16.6. The lowest BCUT2D eigenvalue weighted by Crippen LogP contribution is -2.29. The van der Waals surface area contributed by atoms with E-state index in [9.17, 15) is 14.4 Å². The number of hydrogen-bond acceptors (Lipinski definition) is 4. The Morgan fingerprint density at radius 1 is 0.909 bits per heavy atom. The standard InChI is InChI=1S/C18H32O4/c1-4-5-6-7-8-9-10-11-12-13-16(20)14-18(2,3)17(21)22-15-19/h15H,4-14H2,1-3H3. The third kappa shape index (κ3) is 10.5. The fraction of sp³-hybridized carbons (Fsp3) is 0.833. The number of carbonyl (C=O) groups excluding carboxylic acids is 3. The van der Waals surface area contributed by atoms with E-state index in [2.05, 4.69) is 11.7 Å². The molecule has 0 aromatic heterocycles. The molecule has 0 fully saturated rings. The van der Waals surface area contributed by atoms with Crippen molar-refractivity contribution in [2.75, 3.05) is 0 Å². The van der Waals surface area contributed by atoms with Gasteiger partial charge in [0, 0.05) is 12.8 Å². The van der Waals surface area contributed by atoms with E-state index >= 15 is 0 Å². The van der Waals surface area contributed by atoms with E-state index in [4.69, 9.17) is 0 Å². The summed E-state index contributed by atoms with van der Waals surface area (Å²) in [5, 5.41) is 0. The van der Waals surface area contributed by atoms with E-state index in [1.54, 1.807) is 13.8 Å². The molecule has 0 rings (SSSR count). The molecule has 0 aliphatic heterocycles. The van der Waals surface area contributed by atoms with E-state index in [0.717, 1.165) is 12.8 Å². The van der Waals surface area contributed by atoms with Crippen LogP contribution in [-0.2, 0) is 19.1 Å². The van der Waals surface area contributed by atoms with Crippen LogP contribution in [-0.4, -0.2) is 18.2 Å². The summed E-state index contributed by atoms with van der Waals surface area (Å²) in [4.78, 5) is 33.6. The van der Waals surface area contributed by atoms with Crippen LogP contribution in [0.15, 0.2) is 0 Å². The lowest BCUT2D eigenvalue weighted by molar-refractivity contribution is -0.160. The molecule has 22 heavy (non-hydrogen) atoms. The molecule has 0 saturated heterocycles. The SMILES string of the molecule is CCCCCCCCCCCC(=O)CC(C)(C)C(=O)OC=O. The van der Waals surface area contributed by atoms with Gasteiger partial charge >= 0.3 is 12.4 Å². The van der Waals surface area contributed by atoms with Crippen LogP contribution in [0.3, 0.4) is 0 Å². The zero-order valence-corrected chi connectivity index (χ0v) is 14.5. The first-order valence-electron chi connectivity index (χ1n) is 8.60. The smallest absolute Gasteiger partial charge is 0.319 e. The lowest BCUT2D eigenvalue weighted by atomic mass is 9.86. The molecule has 0 atom stereocenters. The second-order valence-electron chi connectivity index (χ2n) is 6.68. The molecule has 0 unspecified atom stereocenters. The average molecular weight is 312 g/mol. The summed E-state index contributed by atoms with van der Waals surface area (Å²) in [6.07, 6.45) is 11.6.